The maximum Gasteiger partial charge on any atom is 0.294 e. The Kier molecular flexibility index (Phi) is 7.57. The van der Waals surface area contributed by atoms with Gasteiger partial charge in [-0.3, -0.25) is 4.79 Å². The van der Waals surface area contributed by atoms with E-state index in [4.69, 9.17) is 5.73 Å². The van der Waals surface area contributed by atoms with Gasteiger partial charge in [0.1, 0.15) is 0 Å². The van der Waals surface area contributed by atoms with Gasteiger partial charge in [0.25, 0.3) is 5.97 Å². The molecule has 0 fully saturated rings. The summed E-state index contributed by atoms with van der Waals surface area (Å²) in [6.45, 7) is 2.78. The number of methoxy groups -OCH3 is 1. The minimum atomic E-state index is -2.64. The van der Waals surface area contributed by atoms with Crippen molar-refractivity contribution in [2.75, 3.05) is 20.4 Å². The fraction of sp³-hybridized carbons (Fsp3) is 0.800. The quantitative estimate of drug-likeness (QED) is 0.524. The van der Waals surface area contributed by atoms with Gasteiger partial charge in [-0.25, -0.2) is 0 Å². The minimum absolute atomic E-state index is 0. The van der Waals surface area contributed by atoms with E-state index in [0.717, 1.165) is 0 Å². The fourth-order valence-electron chi connectivity index (χ4n) is 0.365. The summed E-state index contributed by atoms with van der Waals surface area (Å²) in [5.41, 5.74) is 7.09. The zero-order valence-corrected chi connectivity index (χ0v) is 12.5. The van der Waals surface area contributed by atoms with Crippen LogP contribution in [0.25, 0.3) is 5.73 Å². The Bertz CT molecular complexity index is 179. The van der Waals surface area contributed by atoms with Crippen LogP contribution < -0.4 is 0 Å². The molecule has 0 saturated heterocycles. The maximum atomic E-state index is 11.0. The van der Waals surface area contributed by atoms with Gasteiger partial charge in [-0.15, -0.1) is 0 Å². The summed E-state index contributed by atoms with van der Waals surface area (Å²) in [5.74, 6) is -1.95. The van der Waals surface area contributed by atoms with Crippen molar-refractivity contribution in [2.45, 2.75) is 5.78 Å². The van der Waals surface area contributed by atoms with Crippen LogP contribution in [0.5, 0.6) is 0 Å². The third-order valence-electron chi connectivity index (χ3n) is 1.05. The van der Waals surface area contributed by atoms with Gasteiger partial charge < -0.3 is 15.0 Å². The van der Waals surface area contributed by atoms with Crippen molar-refractivity contribution in [1.82, 2.24) is 0 Å². The summed E-state index contributed by atoms with van der Waals surface area (Å²) in [6.07, 6.45) is 0. The first-order valence-electron chi connectivity index (χ1n) is 2.73. The molecule has 0 aromatic carbocycles. The van der Waals surface area contributed by atoms with Gasteiger partial charge in [0.15, 0.2) is 0 Å². The molecule has 4 nitrogen and oxygen atoms in total. The Morgan fingerprint density at radius 1 is 1.55 bits per heavy atom. The molecular formula is C5H11AcNO3P-. The predicted molar refractivity (Wildman–Crippen MR) is 39.6 cm³/mol. The third kappa shape index (κ3) is 5.36. The van der Waals surface area contributed by atoms with E-state index in [2.05, 4.69) is 4.74 Å². The summed E-state index contributed by atoms with van der Waals surface area (Å²) in [5, 5.41) is 0. The summed E-state index contributed by atoms with van der Waals surface area (Å²) in [7, 11) is -1.46. The SMILES string of the molecule is COC(=O)C([NH-])P(C)(C)=O.[Ac]. The first-order valence-corrected chi connectivity index (χ1v) is 5.40. The molecule has 0 bridgehead atoms. The smallest absolute Gasteiger partial charge is 0.294 e. The fourth-order valence-corrected chi connectivity index (χ4v) is 0.979. The van der Waals surface area contributed by atoms with Crippen molar-refractivity contribution in [2.24, 2.45) is 0 Å². The Morgan fingerprint density at radius 2 is 1.91 bits per heavy atom. The van der Waals surface area contributed by atoms with Crippen molar-refractivity contribution < 1.29 is 58.2 Å². The van der Waals surface area contributed by atoms with E-state index < -0.39 is 18.9 Å². The van der Waals surface area contributed by atoms with Crippen LogP contribution in [-0.4, -0.2) is 32.2 Å². The topological polar surface area (TPSA) is 67.2 Å². The standard InChI is InChI=1S/C5H11NO3P.Ac/c1-9-5(7)4(6)10(2,3)8;/h4,6H,1-3H3;/q-1;. The van der Waals surface area contributed by atoms with Gasteiger partial charge in [-0.2, -0.15) is 0 Å². The second kappa shape index (κ2) is 5.70. The number of carbonyl (C=O) groups is 1. The first-order chi connectivity index (χ1) is 4.39. The van der Waals surface area contributed by atoms with Crippen molar-refractivity contribution >= 4 is 13.1 Å². The molecule has 0 spiro atoms. The first kappa shape index (κ1) is 14.6. The number of esters is 1. The Balaban J connectivity index is 0. The molecule has 0 aromatic rings. The molecule has 0 heterocycles. The second-order valence-corrected chi connectivity index (χ2v) is 5.74. The van der Waals surface area contributed by atoms with E-state index in [1.165, 1.54) is 20.4 Å². The van der Waals surface area contributed by atoms with Crippen molar-refractivity contribution in [3.05, 3.63) is 5.73 Å². The summed E-state index contributed by atoms with van der Waals surface area (Å²) in [4.78, 5) is 10.6. The largest absolute Gasteiger partial charge is 0.659 e. The van der Waals surface area contributed by atoms with E-state index in [1.807, 2.05) is 0 Å². The maximum absolute atomic E-state index is 11.0. The van der Waals surface area contributed by atoms with Gasteiger partial charge in [-0.1, -0.05) is 0 Å². The predicted octanol–water partition coefficient (Wildman–Crippen LogP) is 1.16. The molecule has 0 amide bonds. The molecular weight excluding hydrogens is 380 g/mol. The normalized spacial score (nSPS) is 13.1. The van der Waals surface area contributed by atoms with Crippen LogP contribution >= 0.6 is 7.14 Å². The number of hydrogen-bond acceptors (Lipinski definition) is 3. The molecule has 0 rings (SSSR count). The zero-order valence-electron chi connectivity index (χ0n) is 6.83. The molecule has 0 aromatic heterocycles. The van der Waals surface area contributed by atoms with Gasteiger partial charge >= 0.3 is 0 Å². The van der Waals surface area contributed by atoms with Crippen LogP contribution in [0.4, 0.5) is 0 Å². The average Bonchev–Trinajstić information content (AvgIpc) is 1.83. The number of ether oxygens (including phenoxy) is 1. The van der Waals surface area contributed by atoms with E-state index in [9.17, 15) is 9.36 Å². The average molecular weight is 391 g/mol. The molecule has 0 aliphatic heterocycles. The van der Waals surface area contributed by atoms with Crippen LogP contribution in [0.2, 0.25) is 0 Å². The zero-order chi connectivity index (χ0) is 8.36. The van der Waals surface area contributed by atoms with Crippen LogP contribution in [0.15, 0.2) is 0 Å². The molecule has 63 valence electrons. The monoisotopic (exact) mass is 391 g/mol. The minimum Gasteiger partial charge on any atom is -0.659 e. The molecule has 1 unspecified atom stereocenters. The Hall–Kier alpha value is 1.10. The summed E-state index contributed by atoms with van der Waals surface area (Å²) in [6, 6.07) is 0. The summed E-state index contributed by atoms with van der Waals surface area (Å²) < 4.78 is 15.3. The number of nitrogens with one attached hydrogen (secondary N) is 1. The van der Waals surface area contributed by atoms with Crippen molar-refractivity contribution in [1.29, 1.82) is 0 Å². The van der Waals surface area contributed by atoms with Crippen LogP contribution in [0, 0.1) is 44.1 Å². The third-order valence-corrected chi connectivity index (χ3v) is 2.50. The van der Waals surface area contributed by atoms with E-state index in [-0.39, 0.29) is 44.1 Å². The van der Waals surface area contributed by atoms with Crippen molar-refractivity contribution in [3.8, 4) is 0 Å². The van der Waals surface area contributed by atoms with Gasteiger partial charge in [0, 0.05) is 49.8 Å². The van der Waals surface area contributed by atoms with Gasteiger partial charge in [-0.05, 0) is 13.3 Å². The van der Waals surface area contributed by atoms with Crippen LogP contribution in [0.1, 0.15) is 0 Å². The number of carbonyl (C=O) groups excluding carboxylic acids is 1. The molecule has 0 aliphatic carbocycles. The molecule has 6 heteroatoms. The molecule has 1 N–H and O–H groups in total. The van der Waals surface area contributed by atoms with E-state index >= 15 is 0 Å². The molecule has 0 aliphatic rings. The number of hydrogen-bond donors (Lipinski definition) is 0. The second-order valence-electron chi connectivity index (χ2n) is 2.36. The molecule has 1 atom stereocenters. The van der Waals surface area contributed by atoms with E-state index in [1.54, 1.807) is 0 Å². The molecule has 1 radical (unpaired) electrons. The Morgan fingerprint density at radius 3 is 2.00 bits per heavy atom. The van der Waals surface area contributed by atoms with Gasteiger partial charge in [0.05, 0.1) is 14.3 Å². The molecule has 11 heavy (non-hydrogen) atoms. The summed E-state index contributed by atoms with van der Waals surface area (Å²) >= 11 is 0. The molecule has 0 saturated carbocycles. The number of rotatable bonds is 2. The van der Waals surface area contributed by atoms with Gasteiger partial charge in [0.2, 0.25) is 0 Å². The van der Waals surface area contributed by atoms with E-state index in [0.29, 0.717) is 0 Å². The van der Waals surface area contributed by atoms with Crippen molar-refractivity contribution in [3.63, 3.8) is 0 Å². The van der Waals surface area contributed by atoms with Crippen LogP contribution in [-0.2, 0) is 14.1 Å². The van der Waals surface area contributed by atoms with Crippen LogP contribution in [0.3, 0.4) is 0 Å². The Labute approximate surface area is 102 Å².